The Kier molecular flexibility index (Phi) is 4.46. The van der Waals surface area contributed by atoms with E-state index in [1.807, 2.05) is 13.0 Å². The van der Waals surface area contributed by atoms with E-state index < -0.39 is 11.8 Å². The molecular weight excluding hydrogens is 246 g/mol. The van der Waals surface area contributed by atoms with Gasteiger partial charge in [0.25, 0.3) is 0 Å². The van der Waals surface area contributed by atoms with Crippen molar-refractivity contribution in [1.29, 1.82) is 0 Å². The molecule has 1 aliphatic rings. The van der Waals surface area contributed by atoms with Crippen molar-refractivity contribution in [2.45, 2.75) is 25.9 Å². The van der Waals surface area contributed by atoms with Gasteiger partial charge in [-0.25, -0.2) is 4.98 Å². The third-order valence-corrected chi connectivity index (χ3v) is 2.96. The van der Waals surface area contributed by atoms with E-state index >= 15 is 0 Å². The summed E-state index contributed by atoms with van der Waals surface area (Å²) in [6.07, 6.45) is 3.50. The van der Waals surface area contributed by atoms with Gasteiger partial charge >= 0.3 is 11.8 Å². The van der Waals surface area contributed by atoms with Gasteiger partial charge in [0.2, 0.25) is 0 Å². The zero-order valence-corrected chi connectivity index (χ0v) is 10.8. The molecule has 6 heteroatoms. The third kappa shape index (κ3) is 3.75. The molecule has 2 heterocycles. The molecule has 2 amide bonds. The highest BCUT2D eigenvalue weighted by Gasteiger charge is 2.19. The van der Waals surface area contributed by atoms with Crippen LogP contribution >= 0.6 is 0 Å². The standard InChI is InChI=1S/C13H17N3O3/c1-9-4-2-6-14-11(9)16-13(18)12(17)15-8-10-5-3-7-19-10/h2,4,6,10H,3,5,7-8H2,1H3,(H,15,17)(H,14,16,18). The third-order valence-electron chi connectivity index (χ3n) is 2.96. The lowest BCUT2D eigenvalue weighted by Crippen LogP contribution is -2.39. The van der Waals surface area contributed by atoms with Crippen molar-refractivity contribution < 1.29 is 14.3 Å². The van der Waals surface area contributed by atoms with E-state index in [-0.39, 0.29) is 6.10 Å². The molecule has 1 atom stereocenters. The van der Waals surface area contributed by atoms with Gasteiger partial charge in [-0.3, -0.25) is 9.59 Å². The molecule has 1 aromatic rings. The second kappa shape index (κ2) is 6.29. The fourth-order valence-electron chi connectivity index (χ4n) is 1.87. The van der Waals surface area contributed by atoms with Gasteiger partial charge in [-0.1, -0.05) is 6.07 Å². The molecule has 1 unspecified atom stereocenters. The van der Waals surface area contributed by atoms with Crippen LogP contribution in [0.4, 0.5) is 5.82 Å². The number of nitrogens with one attached hydrogen (secondary N) is 2. The molecule has 2 rings (SSSR count). The molecule has 0 aromatic carbocycles. The molecule has 6 nitrogen and oxygen atoms in total. The number of aryl methyl sites for hydroxylation is 1. The summed E-state index contributed by atoms with van der Waals surface area (Å²) in [5.74, 6) is -0.972. The zero-order chi connectivity index (χ0) is 13.7. The number of hydrogen-bond acceptors (Lipinski definition) is 4. The molecule has 0 spiro atoms. The molecule has 1 aromatic heterocycles. The van der Waals surface area contributed by atoms with Crippen LogP contribution in [0.1, 0.15) is 18.4 Å². The summed E-state index contributed by atoms with van der Waals surface area (Å²) < 4.78 is 5.36. The molecule has 0 aliphatic carbocycles. The summed E-state index contributed by atoms with van der Waals surface area (Å²) in [5.41, 5.74) is 0.808. The smallest absolute Gasteiger partial charge is 0.314 e. The van der Waals surface area contributed by atoms with E-state index in [1.54, 1.807) is 12.3 Å². The van der Waals surface area contributed by atoms with Crippen molar-refractivity contribution in [3.63, 3.8) is 0 Å². The first-order chi connectivity index (χ1) is 9.16. The average Bonchev–Trinajstić information content (AvgIpc) is 2.91. The summed E-state index contributed by atoms with van der Waals surface area (Å²) >= 11 is 0. The lowest BCUT2D eigenvalue weighted by Gasteiger charge is -2.11. The van der Waals surface area contributed by atoms with Crippen LogP contribution in [-0.4, -0.2) is 36.1 Å². The van der Waals surface area contributed by atoms with Crippen LogP contribution in [-0.2, 0) is 14.3 Å². The number of nitrogens with zero attached hydrogens (tertiary/aromatic N) is 1. The normalized spacial score (nSPS) is 18.1. The van der Waals surface area contributed by atoms with Crippen LogP contribution in [0, 0.1) is 6.92 Å². The second-order valence-corrected chi connectivity index (χ2v) is 4.47. The highest BCUT2D eigenvalue weighted by Crippen LogP contribution is 2.11. The maximum Gasteiger partial charge on any atom is 0.314 e. The fourth-order valence-corrected chi connectivity index (χ4v) is 1.87. The molecule has 102 valence electrons. The van der Waals surface area contributed by atoms with E-state index in [9.17, 15) is 9.59 Å². The number of ether oxygens (including phenoxy) is 1. The van der Waals surface area contributed by atoms with Gasteiger partial charge in [-0.15, -0.1) is 0 Å². The van der Waals surface area contributed by atoms with Crippen molar-refractivity contribution in [3.8, 4) is 0 Å². The SMILES string of the molecule is Cc1cccnc1NC(=O)C(=O)NCC1CCCO1. The van der Waals surface area contributed by atoms with Gasteiger partial charge < -0.3 is 15.4 Å². The van der Waals surface area contributed by atoms with Crippen LogP contribution in [0.15, 0.2) is 18.3 Å². The average molecular weight is 263 g/mol. The Labute approximate surface area is 111 Å². The largest absolute Gasteiger partial charge is 0.376 e. The Hall–Kier alpha value is -1.95. The Morgan fingerprint density at radius 1 is 1.47 bits per heavy atom. The maximum atomic E-state index is 11.7. The minimum atomic E-state index is -0.709. The molecule has 1 aliphatic heterocycles. The molecule has 19 heavy (non-hydrogen) atoms. The number of carbonyl (C=O) groups is 2. The van der Waals surface area contributed by atoms with Crippen LogP contribution in [0.3, 0.4) is 0 Å². The zero-order valence-electron chi connectivity index (χ0n) is 10.8. The highest BCUT2D eigenvalue weighted by molar-refractivity contribution is 6.39. The molecule has 2 N–H and O–H groups in total. The first-order valence-corrected chi connectivity index (χ1v) is 6.29. The van der Waals surface area contributed by atoms with Crippen LogP contribution in [0.5, 0.6) is 0 Å². The Morgan fingerprint density at radius 3 is 3.00 bits per heavy atom. The van der Waals surface area contributed by atoms with Gasteiger partial charge in [0.15, 0.2) is 0 Å². The maximum absolute atomic E-state index is 11.7. The quantitative estimate of drug-likeness (QED) is 0.784. The number of carbonyl (C=O) groups excluding carboxylic acids is 2. The van der Waals surface area contributed by atoms with E-state index in [0.29, 0.717) is 12.4 Å². The van der Waals surface area contributed by atoms with Crippen molar-refractivity contribution in [2.24, 2.45) is 0 Å². The topological polar surface area (TPSA) is 80.3 Å². The predicted octanol–water partition coefficient (Wildman–Crippen LogP) is 0.624. The van der Waals surface area contributed by atoms with Gasteiger partial charge in [0, 0.05) is 19.3 Å². The van der Waals surface area contributed by atoms with Crippen LogP contribution in [0.25, 0.3) is 0 Å². The lowest BCUT2D eigenvalue weighted by atomic mass is 10.2. The number of aromatic nitrogens is 1. The first kappa shape index (κ1) is 13.5. The second-order valence-electron chi connectivity index (χ2n) is 4.47. The summed E-state index contributed by atoms with van der Waals surface area (Å²) in [6.45, 7) is 2.90. The van der Waals surface area contributed by atoms with E-state index in [2.05, 4.69) is 15.6 Å². The van der Waals surface area contributed by atoms with Crippen LogP contribution in [0.2, 0.25) is 0 Å². The lowest BCUT2D eigenvalue weighted by molar-refractivity contribution is -0.136. The summed E-state index contributed by atoms with van der Waals surface area (Å²) in [5, 5.41) is 5.04. The Morgan fingerprint density at radius 2 is 2.32 bits per heavy atom. The Balaban J connectivity index is 1.82. The van der Waals surface area contributed by atoms with Gasteiger partial charge in [-0.2, -0.15) is 0 Å². The first-order valence-electron chi connectivity index (χ1n) is 6.29. The number of hydrogen-bond donors (Lipinski definition) is 2. The number of amides is 2. The molecule has 1 saturated heterocycles. The molecular formula is C13H17N3O3. The summed E-state index contributed by atoms with van der Waals surface area (Å²) in [4.78, 5) is 27.3. The van der Waals surface area contributed by atoms with Crippen molar-refractivity contribution in [3.05, 3.63) is 23.9 Å². The minimum absolute atomic E-state index is 0.0216. The summed E-state index contributed by atoms with van der Waals surface area (Å²) in [6, 6.07) is 3.58. The molecule has 0 bridgehead atoms. The van der Waals surface area contributed by atoms with E-state index in [0.717, 1.165) is 25.0 Å². The van der Waals surface area contributed by atoms with Gasteiger partial charge in [-0.05, 0) is 31.4 Å². The predicted molar refractivity (Wildman–Crippen MR) is 69.6 cm³/mol. The molecule has 0 radical (unpaired) electrons. The monoisotopic (exact) mass is 263 g/mol. The summed E-state index contributed by atoms with van der Waals surface area (Å²) in [7, 11) is 0. The fraction of sp³-hybridized carbons (Fsp3) is 0.462. The number of anilines is 1. The van der Waals surface area contributed by atoms with E-state index in [4.69, 9.17) is 4.74 Å². The van der Waals surface area contributed by atoms with Gasteiger partial charge in [0.1, 0.15) is 5.82 Å². The highest BCUT2D eigenvalue weighted by atomic mass is 16.5. The molecule has 0 saturated carbocycles. The van der Waals surface area contributed by atoms with Crippen LogP contribution < -0.4 is 10.6 Å². The van der Waals surface area contributed by atoms with Crippen molar-refractivity contribution in [2.75, 3.05) is 18.5 Å². The minimum Gasteiger partial charge on any atom is -0.376 e. The number of rotatable bonds is 3. The van der Waals surface area contributed by atoms with Gasteiger partial charge in [0.05, 0.1) is 6.10 Å². The molecule has 1 fully saturated rings. The van der Waals surface area contributed by atoms with Crippen molar-refractivity contribution in [1.82, 2.24) is 10.3 Å². The van der Waals surface area contributed by atoms with Crippen molar-refractivity contribution >= 4 is 17.6 Å². The number of pyridine rings is 1. The van der Waals surface area contributed by atoms with E-state index in [1.165, 1.54) is 0 Å². The Bertz CT molecular complexity index is 470.